The summed E-state index contributed by atoms with van der Waals surface area (Å²) in [5, 5.41) is 4.30. The lowest BCUT2D eigenvalue weighted by atomic mass is 9.80. The van der Waals surface area contributed by atoms with E-state index in [1.165, 1.54) is 5.56 Å². The van der Waals surface area contributed by atoms with Crippen molar-refractivity contribution in [1.82, 2.24) is 0 Å². The van der Waals surface area contributed by atoms with Crippen LogP contribution in [-0.2, 0) is 4.79 Å². The number of benzene rings is 2. The van der Waals surface area contributed by atoms with Crippen LogP contribution in [0.2, 0.25) is 5.02 Å². The number of carbonyl (C=O) groups is 1. The van der Waals surface area contributed by atoms with Gasteiger partial charge in [-0.2, -0.15) is 0 Å². The number of anilines is 1. The average Bonchev–Trinajstić information content (AvgIpc) is 2.56. The summed E-state index contributed by atoms with van der Waals surface area (Å²) in [7, 11) is 0. The third-order valence-corrected chi connectivity index (χ3v) is 4.86. The topological polar surface area (TPSA) is 29.1 Å². The summed E-state index contributed by atoms with van der Waals surface area (Å²) in [6.07, 6.45) is 3.79. The second-order valence-electron chi connectivity index (χ2n) is 6.36. The number of nitrogens with one attached hydrogen (secondary N) is 1. The van der Waals surface area contributed by atoms with Crippen LogP contribution in [0.5, 0.6) is 0 Å². The van der Waals surface area contributed by atoms with Gasteiger partial charge in [0.15, 0.2) is 0 Å². The van der Waals surface area contributed by atoms with E-state index in [1.54, 1.807) is 0 Å². The summed E-state index contributed by atoms with van der Waals surface area (Å²) in [4.78, 5) is 12.5. The summed E-state index contributed by atoms with van der Waals surface area (Å²) in [6, 6.07) is 16.2. The Morgan fingerprint density at radius 1 is 1.04 bits per heavy atom. The molecule has 0 spiro atoms. The molecule has 0 bridgehead atoms. The first-order chi connectivity index (χ1) is 11.1. The minimum Gasteiger partial charge on any atom is -0.378 e. The molecule has 0 aliphatic heterocycles. The summed E-state index contributed by atoms with van der Waals surface area (Å²) in [6.45, 7) is 2.07. The first-order valence-corrected chi connectivity index (χ1v) is 8.62. The zero-order valence-corrected chi connectivity index (χ0v) is 14.1. The van der Waals surface area contributed by atoms with E-state index in [4.69, 9.17) is 11.6 Å². The van der Waals surface area contributed by atoms with Crippen LogP contribution >= 0.6 is 11.6 Å². The molecule has 3 rings (SSSR count). The zero-order valence-electron chi connectivity index (χ0n) is 13.4. The van der Waals surface area contributed by atoms with Crippen LogP contribution < -0.4 is 5.32 Å². The third-order valence-electron chi connectivity index (χ3n) is 4.61. The van der Waals surface area contributed by atoms with Crippen LogP contribution in [0.4, 0.5) is 5.69 Å². The molecule has 2 atom stereocenters. The number of Topliss-reactive ketones (excluding diaryl/α,β-unsaturated/α-hetero) is 1. The molecule has 3 heteroatoms. The van der Waals surface area contributed by atoms with Crippen LogP contribution in [-0.4, -0.2) is 5.78 Å². The van der Waals surface area contributed by atoms with Crippen molar-refractivity contribution in [2.75, 3.05) is 5.32 Å². The lowest BCUT2D eigenvalue weighted by Crippen LogP contribution is -2.30. The SMILES string of the molecule is Cc1ccc(N[C@@H](c2ccc(Cl)cc2)[C@@H]2CCCCC2=O)cc1. The highest BCUT2D eigenvalue weighted by Gasteiger charge is 2.31. The fourth-order valence-electron chi connectivity index (χ4n) is 3.28. The van der Waals surface area contributed by atoms with Gasteiger partial charge in [0, 0.05) is 23.0 Å². The largest absolute Gasteiger partial charge is 0.378 e. The van der Waals surface area contributed by atoms with Crippen molar-refractivity contribution in [3.63, 3.8) is 0 Å². The lowest BCUT2D eigenvalue weighted by Gasteiger charge is -2.31. The maximum absolute atomic E-state index is 12.5. The van der Waals surface area contributed by atoms with Crippen LogP contribution in [0.1, 0.15) is 42.9 Å². The van der Waals surface area contributed by atoms with Crippen LogP contribution in [0, 0.1) is 12.8 Å². The molecule has 1 N–H and O–H groups in total. The number of carbonyl (C=O) groups excluding carboxylic acids is 1. The molecule has 1 fully saturated rings. The van der Waals surface area contributed by atoms with E-state index in [-0.39, 0.29) is 12.0 Å². The van der Waals surface area contributed by atoms with Gasteiger partial charge in [-0.3, -0.25) is 4.79 Å². The van der Waals surface area contributed by atoms with Crippen LogP contribution in [0.15, 0.2) is 48.5 Å². The summed E-state index contributed by atoms with van der Waals surface area (Å²) in [5.74, 6) is 0.405. The molecule has 2 aromatic carbocycles. The number of hydrogen-bond donors (Lipinski definition) is 1. The lowest BCUT2D eigenvalue weighted by molar-refractivity contribution is -0.125. The minimum atomic E-state index is 0.00257. The fraction of sp³-hybridized carbons (Fsp3) is 0.350. The number of halogens is 1. The predicted molar refractivity (Wildman–Crippen MR) is 96.0 cm³/mol. The van der Waals surface area contributed by atoms with Gasteiger partial charge in [-0.25, -0.2) is 0 Å². The van der Waals surface area contributed by atoms with Crippen molar-refractivity contribution in [1.29, 1.82) is 0 Å². The molecule has 0 radical (unpaired) electrons. The van der Waals surface area contributed by atoms with Crippen molar-refractivity contribution in [2.24, 2.45) is 5.92 Å². The predicted octanol–water partition coefficient (Wildman–Crippen LogP) is 5.56. The molecule has 2 nitrogen and oxygen atoms in total. The Kier molecular flexibility index (Phi) is 5.02. The second kappa shape index (κ2) is 7.18. The van der Waals surface area contributed by atoms with Gasteiger partial charge in [-0.1, -0.05) is 47.9 Å². The van der Waals surface area contributed by atoms with Crippen LogP contribution in [0.3, 0.4) is 0 Å². The van der Waals surface area contributed by atoms with E-state index in [1.807, 2.05) is 24.3 Å². The first kappa shape index (κ1) is 16.1. The third kappa shape index (κ3) is 3.94. The standard InChI is InChI=1S/C20H22ClNO/c1-14-6-12-17(13-7-14)22-20(15-8-10-16(21)11-9-15)18-4-2-3-5-19(18)23/h6-13,18,20,22H,2-5H2,1H3/t18-,20+/m1/s1. The Hall–Kier alpha value is -1.80. The molecular formula is C20H22ClNO. The van der Waals surface area contributed by atoms with E-state index in [9.17, 15) is 4.79 Å². The summed E-state index contributed by atoms with van der Waals surface area (Å²) in [5.41, 5.74) is 3.40. The minimum absolute atomic E-state index is 0.00257. The molecular weight excluding hydrogens is 306 g/mol. The van der Waals surface area contributed by atoms with Gasteiger partial charge in [0.1, 0.15) is 5.78 Å². The monoisotopic (exact) mass is 327 g/mol. The Balaban J connectivity index is 1.90. The molecule has 23 heavy (non-hydrogen) atoms. The number of rotatable bonds is 4. The van der Waals surface area contributed by atoms with Crippen molar-refractivity contribution < 1.29 is 4.79 Å². The van der Waals surface area contributed by atoms with E-state index in [0.29, 0.717) is 12.2 Å². The molecule has 1 saturated carbocycles. The molecule has 0 heterocycles. The summed E-state index contributed by atoms with van der Waals surface area (Å²) >= 11 is 6.02. The molecule has 0 saturated heterocycles. The maximum atomic E-state index is 12.5. The van der Waals surface area contributed by atoms with Crippen molar-refractivity contribution >= 4 is 23.1 Å². The Labute approximate surface area is 142 Å². The first-order valence-electron chi connectivity index (χ1n) is 8.25. The van der Waals surface area contributed by atoms with Gasteiger partial charge < -0.3 is 5.32 Å². The number of ketones is 1. The van der Waals surface area contributed by atoms with Crippen molar-refractivity contribution in [3.8, 4) is 0 Å². The van der Waals surface area contributed by atoms with Crippen LogP contribution in [0.25, 0.3) is 0 Å². The van der Waals surface area contributed by atoms with Crippen molar-refractivity contribution in [3.05, 3.63) is 64.7 Å². The average molecular weight is 328 g/mol. The molecule has 1 aliphatic carbocycles. The van der Waals surface area contributed by atoms with E-state index in [2.05, 4.69) is 36.5 Å². The smallest absolute Gasteiger partial charge is 0.138 e. The molecule has 0 unspecified atom stereocenters. The summed E-state index contributed by atoms with van der Waals surface area (Å²) < 4.78 is 0. The van der Waals surface area contributed by atoms with Gasteiger partial charge >= 0.3 is 0 Å². The Bertz CT molecular complexity index is 663. The van der Waals surface area contributed by atoms with E-state index < -0.39 is 0 Å². The normalized spacial score (nSPS) is 19.4. The van der Waals surface area contributed by atoms with Gasteiger partial charge in [0.2, 0.25) is 0 Å². The highest BCUT2D eigenvalue weighted by atomic mass is 35.5. The molecule has 2 aromatic rings. The highest BCUT2D eigenvalue weighted by molar-refractivity contribution is 6.30. The molecule has 0 amide bonds. The van der Waals surface area contributed by atoms with E-state index in [0.717, 1.165) is 35.5 Å². The fourth-order valence-corrected chi connectivity index (χ4v) is 3.40. The number of aryl methyl sites for hydroxylation is 1. The zero-order chi connectivity index (χ0) is 16.2. The quantitative estimate of drug-likeness (QED) is 0.796. The number of hydrogen-bond acceptors (Lipinski definition) is 2. The molecule has 0 aromatic heterocycles. The van der Waals surface area contributed by atoms with Crippen molar-refractivity contribution in [2.45, 2.75) is 38.6 Å². The van der Waals surface area contributed by atoms with Gasteiger partial charge in [0.25, 0.3) is 0 Å². The van der Waals surface area contributed by atoms with Gasteiger partial charge in [-0.05, 0) is 49.6 Å². The maximum Gasteiger partial charge on any atom is 0.138 e. The van der Waals surface area contributed by atoms with Gasteiger partial charge in [0.05, 0.1) is 6.04 Å². The highest BCUT2D eigenvalue weighted by Crippen LogP contribution is 2.35. The van der Waals surface area contributed by atoms with Gasteiger partial charge in [-0.15, -0.1) is 0 Å². The molecule has 120 valence electrons. The molecule has 1 aliphatic rings. The van der Waals surface area contributed by atoms with E-state index >= 15 is 0 Å². The Morgan fingerprint density at radius 3 is 2.39 bits per heavy atom. The Morgan fingerprint density at radius 2 is 1.74 bits per heavy atom. The second-order valence-corrected chi connectivity index (χ2v) is 6.79.